The highest BCUT2D eigenvalue weighted by Crippen LogP contribution is 2.31. The number of benzene rings is 1. The number of hydrogen-bond acceptors (Lipinski definition) is 4. The van der Waals surface area contributed by atoms with Crippen LogP contribution in [0.5, 0.6) is 5.75 Å². The van der Waals surface area contributed by atoms with Gasteiger partial charge in [0.05, 0.1) is 13.7 Å². The van der Waals surface area contributed by atoms with Gasteiger partial charge in [0.2, 0.25) is 0 Å². The quantitative estimate of drug-likeness (QED) is 0.784. The molecule has 1 saturated heterocycles. The van der Waals surface area contributed by atoms with Crippen molar-refractivity contribution in [1.29, 1.82) is 0 Å². The predicted octanol–water partition coefficient (Wildman–Crippen LogP) is 2.76. The topological polar surface area (TPSA) is 44.8 Å². The zero-order valence-corrected chi connectivity index (χ0v) is 11.8. The number of rotatable bonds is 5. The molecule has 0 aromatic heterocycles. The van der Waals surface area contributed by atoms with Crippen LogP contribution in [0.2, 0.25) is 0 Å². The molecule has 0 spiro atoms. The van der Waals surface area contributed by atoms with Crippen LogP contribution in [-0.2, 0) is 20.2 Å². The van der Waals surface area contributed by atoms with Crippen LogP contribution < -0.4 is 4.74 Å². The number of carbonyl (C=O) groups excluding carboxylic acids is 1. The second-order valence-corrected chi connectivity index (χ2v) is 4.96. The lowest BCUT2D eigenvalue weighted by Gasteiger charge is -2.23. The molecule has 0 saturated carbocycles. The summed E-state index contributed by atoms with van der Waals surface area (Å²) in [7, 11) is 1.44. The minimum Gasteiger partial charge on any atom is -0.497 e. The van der Waals surface area contributed by atoms with Crippen LogP contribution in [0, 0.1) is 5.92 Å². The van der Waals surface area contributed by atoms with Gasteiger partial charge in [-0.05, 0) is 43.0 Å². The molecule has 1 aromatic carbocycles. The summed E-state index contributed by atoms with van der Waals surface area (Å²) in [5.41, 5.74) is -0.403. The molecule has 4 nitrogen and oxygen atoms in total. The number of hydrogen-bond donors (Lipinski definition) is 0. The third kappa shape index (κ3) is 3.91. The van der Waals surface area contributed by atoms with Crippen molar-refractivity contribution in [1.82, 2.24) is 0 Å². The normalized spacial score (nSPS) is 16.5. The Kier molecular flexibility index (Phi) is 5.12. The molecule has 1 aromatic rings. The fourth-order valence-corrected chi connectivity index (χ4v) is 2.12. The van der Waals surface area contributed by atoms with E-state index in [1.807, 2.05) is 0 Å². The van der Waals surface area contributed by atoms with E-state index in [-0.39, 0.29) is 12.5 Å². The molecule has 0 N–H and O–H groups in total. The molecule has 1 fully saturated rings. The van der Waals surface area contributed by atoms with Crippen molar-refractivity contribution in [3.05, 3.63) is 29.8 Å². The van der Waals surface area contributed by atoms with Crippen molar-refractivity contribution in [2.24, 2.45) is 5.92 Å². The highest BCUT2D eigenvalue weighted by Gasteiger charge is 2.43. The lowest BCUT2D eigenvalue weighted by atomic mass is 10.0. The first-order valence-electron chi connectivity index (χ1n) is 6.81. The first-order valence-corrected chi connectivity index (χ1v) is 6.81. The summed E-state index contributed by atoms with van der Waals surface area (Å²) in [6.07, 6.45) is 1.45. The zero-order valence-electron chi connectivity index (χ0n) is 11.8. The molecule has 0 unspecified atom stereocenters. The third-order valence-corrected chi connectivity index (χ3v) is 3.50. The van der Waals surface area contributed by atoms with Crippen molar-refractivity contribution in [3.8, 4) is 5.75 Å². The summed E-state index contributed by atoms with van der Waals surface area (Å²) < 4.78 is 42.8. The molecule has 116 valence electrons. The predicted molar refractivity (Wildman–Crippen MR) is 71.4 cm³/mol. The van der Waals surface area contributed by atoms with Crippen LogP contribution in [-0.4, -0.2) is 32.9 Å². The van der Waals surface area contributed by atoms with Gasteiger partial charge in [-0.1, -0.05) is 0 Å². The number of methoxy groups -OCH3 is 1. The lowest BCUT2D eigenvalue weighted by Crippen LogP contribution is -2.31. The summed E-state index contributed by atoms with van der Waals surface area (Å²) in [5, 5.41) is 0. The summed E-state index contributed by atoms with van der Waals surface area (Å²) in [5.74, 6) is -4.63. The van der Waals surface area contributed by atoms with Crippen molar-refractivity contribution >= 4 is 5.97 Å². The number of alkyl halides is 2. The summed E-state index contributed by atoms with van der Waals surface area (Å²) in [6.45, 7) is 1.17. The minimum atomic E-state index is -3.66. The zero-order chi connectivity index (χ0) is 15.3. The monoisotopic (exact) mass is 300 g/mol. The Hall–Kier alpha value is -1.69. The van der Waals surface area contributed by atoms with Gasteiger partial charge < -0.3 is 14.2 Å². The van der Waals surface area contributed by atoms with E-state index in [9.17, 15) is 13.6 Å². The van der Waals surface area contributed by atoms with E-state index in [1.165, 1.54) is 19.2 Å². The summed E-state index contributed by atoms with van der Waals surface area (Å²) >= 11 is 0. The van der Waals surface area contributed by atoms with Gasteiger partial charge in [0, 0.05) is 18.8 Å². The average Bonchev–Trinajstić information content (AvgIpc) is 2.53. The Bertz CT molecular complexity index is 467. The van der Waals surface area contributed by atoms with E-state index in [2.05, 4.69) is 0 Å². The van der Waals surface area contributed by atoms with Crippen molar-refractivity contribution in [2.75, 3.05) is 26.9 Å². The summed E-state index contributed by atoms with van der Waals surface area (Å²) in [4.78, 5) is 11.6. The molecular formula is C15H18F2O4. The second kappa shape index (κ2) is 6.85. The maximum Gasteiger partial charge on any atom is 0.382 e. The number of carbonyl (C=O) groups is 1. The van der Waals surface area contributed by atoms with E-state index in [4.69, 9.17) is 14.2 Å². The van der Waals surface area contributed by atoms with Gasteiger partial charge in [-0.2, -0.15) is 8.78 Å². The molecule has 0 bridgehead atoms. The smallest absolute Gasteiger partial charge is 0.382 e. The van der Waals surface area contributed by atoms with Crippen LogP contribution in [0.1, 0.15) is 18.4 Å². The highest BCUT2D eigenvalue weighted by molar-refractivity contribution is 5.79. The van der Waals surface area contributed by atoms with Crippen LogP contribution in [0.4, 0.5) is 8.78 Å². The molecule has 1 aliphatic rings. The van der Waals surface area contributed by atoms with Crippen molar-refractivity contribution in [2.45, 2.75) is 18.8 Å². The average molecular weight is 300 g/mol. The Morgan fingerprint density at radius 2 is 1.90 bits per heavy atom. The maximum absolute atomic E-state index is 14.0. The van der Waals surface area contributed by atoms with Crippen LogP contribution in [0.3, 0.4) is 0 Å². The number of esters is 1. The Morgan fingerprint density at radius 3 is 2.48 bits per heavy atom. The molecule has 21 heavy (non-hydrogen) atoms. The lowest BCUT2D eigenvalue weighted by molar-refractivity contribution is -0.175. The Morgan fingerprint density at radius 1 is 1.29 bits per heavy atom. The summed E-state index contributed by atoms with van der Waals surface area (Å²) in [6, 6.07) is 5.09. The Balaban J connectivity index is 1.94. The largest absolute Gasteiger partial charge is 0.497 e. The first kappa shape index (κ1) is 15.7. The highest BCUT2D eigenvalue weighted by atomic mass is 19.3. The molecule has 2 rings (SSSR count). The van der Waals surface area contributed by atoms with Gasteiger partial charge in [0.1, 0.15) is 5.75 Å². The van der Waals surface area contributed by atoms with Crippen LogP contribution >= 0.6 is 0 Å². The first-order chi connectivity index (χ1) is 10.0. The number of halogens is 2. The molecule has 0 amide bonds. The molecule has 0 aliphatic carbocycles. The maximum atomic E-state index is 14.0. The van der Waals surface area contributed by atoms with Gasteiger partial charge in [-0.25, -0.2) is 4.79 Å². The minimum absolute atomic E-state index is 0.00788. The van der Waals surface area contributed by atoms with Gasteiger partial charge in [-0.15, -0.1) is 0 Å². The second-order valence-electron chi connectivity index (χ2n) is 4.96. The van der Waals surface area contributed by atoms with Gasteiger partial charge in [0.25, 0.3) is 0 Å². The van der Waals surface area contributed by atoms with E-state index in [0.29, 0.717) is 19.0 Å². The van der Waals surface area contributed by atoms with Crippen LogP contribution in [0.15, 0.2) is 24.3 Å². The molecule has 1 heterocycles. The third-order valence-electron chi connectivity index (χ3n) is 3.50. The molecule has 6 heteroatoms. The van der Waals surface area contributed by atoms with E-state index in [0.717, 1.165) is 25.0 Å². The molecule has 1 aliphatic heterocycles. The van der Waals surface area contributed by atoms with E-state index in [1.54, 1.807) is 0 Å². The molecule has 0 radical (unpaired) electrons. The van der Waals surface area contributed by atoms with Gasteiger partial charge >= 0.3 is 11.9 Å². The SMILES string of the molecule is COc1ccc(C(F)(F)C(=O)OCC2CCOCC2)cc1. The molecule has 0 atom stereocenters. The van der Waals surface area contributed by atoms with Gasteiger partial charge in [0.15, 0.2) is 0 Å². The van der Waals surface area contributed by atoms with E-state index >= 15 is 0 Å². The van der Waals surface area contributed by atoms with Crippen molar-refractivity contribution in [3.63, 3.8) is 0 Å². The Labute approximate surface area is 122 Å². The fourth-order valence-electron chi connectivity index (χ4n) is 2.12. The fraction of sp³-hybridized carbons (Fsp3) is 0.533. The van der Waals surface area contributed by atoms with Crippen molar-refractivity contribution < 1.29 is 27.8 Å². The van der Waals surface area contributed by atoms with E-state index < -0.39 is 17.5 Å². The number of ether oxygens (including phenoxy) is 3. The van der Waals surface area contributed by atoms with Crippen LogP contribution in [0.25, 0.3) is 0 Å². The molecular weight excluding hydrogens is 282 g/mol. The standard InChI is InChI=1S/C15H18F2O4/c1-19-13-4-2-12(3-5-13)15(16,17)14(18)21-10-11-6-8-20-9-7-11/h2-5,11H,6-10H2,1H3. The van der Waals surface area contributed by atoms with Gasteiger partial charge in [-0.3, -0.25) is 0 Å².